The summed E-state index contributed by atoms with van der Waals surface area (Å²) >= 11 is 0. The Morgan fingerprint density at radius 1 is 1.20 bits per heavy atom. The van der Waals surface area contributed by atoms with E-state index in [1.807, 2.05) is 25.1 Å². The van der Waals surface area contributed by atoms with Crippen LogP contribution in [0.5, 0.6) is 5.75 Å². The minimum Gasteiger partial charge on any atom is -0.496 e. The molecule has 1 aromatic rings. The number of likely N-dealkylation sites (tertiary alicyclic amines) is 1. The largest absolute Gasteiger partial charge is 0.496 e. The first-order chi connectivity index (χ1) is 13.9. The zero-order valence-electron chi connectivity index (χ0n) is 18.2. The molecular weight excluding hydrogens is 517 g/mol. The third-order valence-corrected chi connectivity index (χ3v) is 5.58. The van der Waals surface area contributed by atoms with Gasteiger partial charge < -0.3 is 15.4 Å². The molecule has 10 heteroatoms. The molecule has 1 saturated heterocycles. The van der Waals surface area contributed by atoms with Gasteiger partial charge in [0.1, 0.15) is 5.75 Å². The van der Waals surface area contributed by atoms with E-state index in [1.165, 1.54) is 19.1 Å². The number of benzene rings is 1. The van der Waals surface area contributed by atoms with Crippen molar-refractivity contribution in [1.29, 1.82) is 0 Å². The summed E-state index contributed by atoms with van der Waals surface area (Å²) in [5, 5.41) is 6.55. The van der Waals surface area contributed by atoms with Gasteiger partial charge in [-0.15, -0.1) is 24.0 Å². The van der Waals surface area contributed by atoms with E-state index in [4.69, 9.17) is 9.73 Å². The van der Waals surface area contributed by atoms with Gasteiger partial charge in [-0.05, 0) is 45.3 Å². The minimum atomic E-state index is -3.14. The third kappa shape index (κ3) is 9.36. The Labute approximate surface area is 198 Å². The number of nitrogens with one attached hydrogen (secondary N) is 3. The number of para-hydroxylation sites is 1. The van der Waals surface area contributed by atoms with Crippen LogP contribution in [0.3, 0.4) is 0 Å². The number of ether oxygens (including phenoxy) is 1. The number of sulfonamides is 1. The fourth-order valence-corrected chi connectivity index (χ4v) is 3.99. The van der Waals surface area contributed by atoms with Crippen molar-refractivity contribution in [2.75, 3.05) is 52.6 Å². The average molecular weight is 554 g/mol. The van der Waals surface area contributed by atoms with Crippen LogP contribution in [0, 0.1) is 0 Å². The summed E-state index contributed by atoms with van der Waals surface area (Å²) in [4.78, 5) is 7.29. The molecule has 1 atom stereocenters. The molecule has 172 valence electrons. The van der Waals surface area contributed by atoms with Crippen molar-refractivity contribution in [1.82, 2.24) is 20.3 Å². The van der Waals surface area contributed by atoms with Crippen molar-refractivity contribution in [3.8, 4) is 5.75 Å². The first-order valence-corrected chi connectivity index (χ1v) is 12.2. The van der Waals surface area contributed by atoms with Gasteiger partial charge in [-0.2, -0.15) is 0 Å². The molecule has 1 aromatic carbocycles. The molecule has 0 spiro atoms. The molecule has 0 aliphatic carbocycles. The van der Waals surface area contributed by atoms with Crippen molar-refractivity contribution in [3.05, 3.63) is 29.8 Å². The highest BCUT2D eigenvalue weighted by Gasteiger charge is 2.25. The van der Waals surface area contributed by atoms with Gasteiger partial charge in [0.25, 0.3) is 0 Å². The van der Waals surface area contributed by atoms with Crippen LogP contribution in [0.25, 0.3) is 0 Å². The van der Waals surface area contributed by atoms with Crippen molar-refractivity contribution in [2.45, 2.75) is 32.2 Å². The van der Waals surface area contributed by atoms with Crippen molar-refractivity contribution in [2.24, 2.45) is 4.99 Å². The van der Waals surface area contributed by atoms with E-state index in [9.17, 15) is 8.42 Å². The molecule has 1 aliphatic heterocycles. The minimum absolute atomic E-state index is 0. The van der Waals surface area contributed by atoms with Crippen LogP contribution in [0.1, 0.15) is 37.8 Å². The highest BCUT2D eigenvalue weighted by atomic mass is 127. The monoisotopic (exact) mass is 553 g/mol. The topological polar surface area (TPSA) is 95.1 Å². The number of rotatable bonds is 11. The lowest BCUT2D eigenvalue weighted by Gasteiger charge is -2.28. The van der Waals surface area contributed by atoms with E-state index >= 15 is 0 Å². The Morgan fingerprint density at radius 2 is 1.90 bits per heavy atom. The number of aliphatic imine (C=N–C) groups is 1. The van der Waals surface area contributed by atoms with E-state index in [2.05, 4.69) is 26.3 Å². The molecule has 3 N–H and O–H groups in total. The van der Waals surface area contributed by atoms with Crippen molar-refractivity contribution >= 4 is 40.0 Å². The van der Waals surface area contributed by atoms with Gasteiger partial charge in [0, 0.05) is 25.2 Å². The van der Waals surface area contributed by atoms with E-state index in [0.29, 0.717) is 26.1 Å². The maximum Gasteiger partial charge on any atom is 0.208 e. The predicted molar refractivity (Wildman–Crippen MR) is 133 cm³/mol. The predicted octanol–water partition coefficient (Wildman–Crippen LogP) is 1.94. The van der Waals surface area contributed by atoms with Crippen LogP contribution in [0.2, 0.25) is 0 Å². The van der Waals surface area contributed by atoms with Gasteiger partial charge in [0.15, 0.2) is 5.96 Å². The van der Waals surface area contributed by atoms with Gasteiger partial charge in [-0.25, -0.2) is 13.1 Å². The third-order valence-electron chi connectivity index (χ3n) is 4.86. The van der Waals surface area contributed by atoms with Crippen LogP contribution in [-0.2, 0) is 10.0 Å². The van der Waals surface area contributed by atoms with Gasteiger partial charge in [-0.3, -0.25) is 9.89 Å². The van der Waals surface area contributed by atoms with Crippen LogP contribution in [0.4, 0.5) is 0 Å². The number of nitrogens with zero attached hydrogens (tertiary/aromatic N) is 2. The van der Waals surface area contributed by atoms with Crippen molar-refractivity contribution < 1.29 is 13.2 Å². The maximum atomic E-state index is 11.1. The summed E-state index contributed by atoms with van der Waals surface area (Å²) in [6, 6.07) is 8.32. The van der Waals surface area contributed by atoms with Gasteiger partial charge in [0.2, 0.25) is 10.0 Å². The molecule has 1 fully saturated rings. The number of halogens is 1. The van der Waals surface area contributed by atoms with Gasteiger partial charge >= 0.3 is 0 Å². The standard InChI is InChI=1S/C20H35N5O3S.HI/c1-4-21-20(22-12-9-13-24-29(3,26)27)23-16-18(25-14-7-8-15-25)17-10-5-6-11-19(17)28-2;/h5-6,10-11,18,24H,4,7-9,12-16H2,1-3H3,(H2,21,22,23);1H. The van der Waals surface area contributed by atoms with E-state index in [-0.39, 0.29) is 30.0 Å². The Kier molecular flexibility index (Phi) is 12.6. The molecule has 0 bridgehead atoms. The molecule has 8 nitrogen and oxygen atoms in total. The molecule has 0 amide bonds. The Balaban J connectivity index is 0.00000450. The fourth-order valence-electron chi connectivity index (χ4n) is 3.48. The molecular formula is C20H36IN5O3S. The number of hydrogen-bond donors (Lipinski definition) is 3. The quantitative estimate of drug-likeness (QED) is 0.168. The molecule has 30 heavy (non-hydrogen) atoms. The highest BCUT2D eigenvalue weighted by molar-refractivity contribution is 14.0. The Bertz CT molecular complexity index is 755. The zero-order valence-corrected chi connectivity index (χ0v) is 21.3. The first kappa shape index (κ1) is 26.9. The lowest BCUT2D eigenvalue weighted by Crippen LogP contribution is -2.39. The molecule has 1 unspecified atom stereocenters. The van der Waals surface area contributed by atoms with Crippen LogP contribution < -0.4 is 20.1 Å². The van der Waals surface area contributed by atoms with Crippen LogP contribution >= 0.6 is 24.0 Å². The summed E-state index contributed by atoms with van der Waals surface area (Å²) in [7, 11) is -1.44. The Hall–Kier alpha value is -1.11. The maximum absolute atomic E-state index is 11.1. The summed E-state index contributed by atoms with van der Waals surface area (Å²) in [6.45, 7) is 6.59. The van der Waals surface area contributed by atoms with E-state index in [0.717, 1.165) is 36.9 Å². The second kappa shape index (κ2) is 14.0. The SMILES string of the molecule is CCNC(=NCC(c1ccccc1OC)N1CCCC1)NCCCNS(C)(=O)=O.I. The number of methoxy groups -OCH3 is 1. The molecule has 0 saturated carbocycles. The lowest BCUT2D eigenvalue weighted by molar-refractivity contribution is 0.245. The molecule has 0 aromatic heterocycles. The second-order valence-electron chi connectivity index (χ2n) is 7.17. The van der Waals surface area contributed by atoms with E-state index < -0.39 is 10.0 Å². The summed E-state index contributed by atoms with van der Waals surface area (Å²) in [5.41, 5.74) is 1.16. The van der Waals surface area contributed by atoms with Gasteiger partial charge in [0.05, 0.1) is 26.0 Å². The lowest BCUT2D eigenvalue weighted by atomic mass is 10.0. The number of hydrogen-bond acceptors (Lipinski definition) is 5. The summed E-state index contributed by atoms with van der Waals surface area (Å²) in [6.07, 6.45) is 4.27. The van der Waals surface area contributed by atoms with Gasteiger partial charge in [-0.1, -0.05) is 18.2 Å². The fraction of sp³-hybridized carbons (Fsp3) is 0.650. The summed E-state index contributed by atoms with van der Waals surface area (Å²) in [5.74, 6) is 1.63. The molecule has 2 rings (SSSR count). The number of guanidine groups is 1. The highest BCUT2D eigenvalue weighted by Crippen LogP contribution is 2.31. The normalized spacial score (nSPS) is 16.0. The van der Waals surface area contributed by atoms with Crippen LogP contribution in [-0.4, -0.2) is 71.9 Å². The summed E-state index contributed by atoms with van der Waals surface area (Å²) < 4.78 is 30.4. The zero-order chi connectivity index (χ0) is 21.1. The first-order valence-electron chi connectivity index (χ1n) is 10.3. The molecule has 0 radical (unpaired) electrons. The van der Waals surface area contributed by atoms with Crippen LogP contribution in [0.15, 0.2) is 29.3 Å². The Morgan fingerprint density at radius 3 is 2.53 bits per heavy atom. The second-order valence-corrected chi connectivity index (χ2v) is 9.00. The molecule has 1 heterocycles. The molecule has 1 aliphatic rings. The average Bonchev–Trinajstić information content (AvgIpc) is 3.21. The van der Waals surface area contributed by atoms with E-state index in [1.54, 1.807) is 7.11 Å². The smallest absolute Gasteiger partial charge is 0.208 e. The van der Waals surface area contributed by atoms with Crippen molar-refractivity contribution in [3.63, 3.8) is 0 Å².